The standard InChI is InChI=1S/C12H14N2O2/c15-8-2-4-11-3-1-5-13-12(11)14-6-9-16-10-7-14/h1-5,8H,6-7,9-10H2/b4-2+. The van der Waals surface area contributed by atoms with Crippen molar-refractivity contribution < 1.29 is 9.53 Å². The number of hydrogen-bond donors (Lipinski definition) is 0. The summed E-state index contributed by atoms with van der Waals surface area (Å²) < 4.78 is 5.30. The molecular formula is C12H14N2O2. The Hall–Kier alpha value is -1.68. The van der Waals surface area contributed by atoms with Gasteiger partial charge >= 0.3 is 0 Å². The summed E-state index contributed by atoms with van der Waals surface area (Å²) in [6, 6.07) is 3.83. The molecule has 0 N–H and O–H groups in total. The minimum absolute atomic E-state index is 0.730. The van der Waals surface area contributed by atoms with Gasteiger partial charge in [0.25, 0.3) is 0 Å². The maximum Gasteiger partial charge on any atom is 0.142 e. The van der Waals surface area contributed by atoms with Gasteiger partial charge in [0.1, 0.15) is 12.1 Å². The minimum atomic E-state index is 0.730. The highest BCUT2D eigenvalue weighted by Gasteiger charge is 2.14. The predicted molar refractivity (Wildman–Crippen MR) is 62.4 cm³/mol. The van der Waals surface area contributed by atoms with Gasteiger partial charge in [-0.25, -0.2) is 4.98 Å². The highest BCUT2D eigenvalue weighted by atomic mass is 16.5. The molecule has 1 aromatic rings. The molecule has 2 heterocycles. The summed E-state index contributed by atoms with van der Waals surface area (Å²) in [5.74, 6) is 0.920. The summed E-state index contributed by atoms with van der Waals surface area (Å²) in [5.41, 5.74) is 0.969. The van der Waals surface area contributed by atoms with Crippen LogP contribution in [0, 0.1) is 0 Å². The molecule has 1 aliphatic heterocycles. The largest absolute Gasteiger partial charge is 0.378 e. The molecule has 0 unspecified atom stereocenters. The number of carbonyl (C=O) groups excluding carboxylic acids is 1. The van der Waals surface area contributed by atoms with Gasteiger partial charge in [-0.2, -0.15) is 0 Å². The van der Waals surface area contributed by atoms with Gasteiger partial charge in [0.05, 0.1) is 13.2 Å². The average Bonchev–Trinajstić information content (AvgIpc) is 2.38. The van der Waals surface area contributed by atoms with Crippen LogP contribution in [0.1, 0.15) is 5.56 Å². The van der Waals surface area contributed by atoms with E-state index >= 15 is 0 Å². The van der Waals surface area contributed by atoms with Gasteiger partial charge < -0.3 is 9.64 Å². The fourth-order valence-corrected chi connectivity index (χ4v) is 1.72. The zero-order valence-corrected chi connectivity index (χ0v) is 9.00. The van der Waals surface area contributed by atoms with Gasteiger partial charge in [-0.15, -0.1) is 0 Å². The lowest BCUT2D eigenvalue weighted by Gasteiger charge is -2.28. The maximum absolute atomic E-state index is 10.3. The van der Waals surface area contributed by atoms with Gasteiger partial charge in [-0.05, 0) is 24.3 Å². The lowest BCUT2D eigenvalue weighted by Crippen LogP contribution is -2.37. The fourth-order valence-electron chi connectivity index (χ4n) is 1.72. The second-order valence-electron chi connectivity index (χ2n) is 3.51. The van der Waals surface area contributed by atoms with E-state index in [0.717, 1.165) is 44.0 Å². The summed E-state index contributed by atoms with van der Waals surface area (Å²) in [5, 5.41) is 0. The van der Waals surface area contributed by atoms with Crippen molar-refractivity contribution in [3.05, 3.63) is 30.0 Å². The summed E-state index contributed by atoms with van der Waals surface area (Å²) >= 11 is 0. The van der Waals surface area contributed by atoms with Gasteiger partial charge in [0.2, 0.25) is 0 Å². The third-order valence-corrected chi connectivity index (χ3v) is 2.48. The number of anilines is 1. The zero-order chi connectivity index (χ0) is 11.2. The van der Waals surface area contributed by atoms with Crippen LogP contribution in [0.3, 0.4) is 0 Å². The molecule has 16 heavy (non-hydrogen) atoms. The van der Waals surface area contributed by atoms with E-state index in [4.69, 9.17) is 4.74 Å². The highest BCUT2D eigenvalue weighted by molar-refractivity contribution is 5.77. The molecule has 2 rings (SSSR count). The maximum atomic E-state index is 10.3. The molecule has 84 valence electrons. The molecule has 0 atom stereocenters. The number of nitrogens with zero attached hydrogens (tertiary/aromatic N) is 2. The Morgan fingerprint density at radius 1 is 1.38 bits per heavy atom. The minimum Gasteiger partial charge on any atom is -0.378 e. The Bertz CT molecular complexity index is 384. The van der Waals surface area contributed by atoms with Gasteiger partial charge in [0.15, 0.2) is 0 Å². The smallest absolute Gasteiger partial charge is 0.142 e. The number of ether oxygens (including phenoxy) is 1. The van der Waals surface area contributed by atoms with Crippen LogP contribution < -0.4 is 4.90 Å². The number of hydrogen-bond acceptors (Lipinski definition) is 4. The Kier molecular flexibility index (Phi) is 3.66. The van der Waals surface area contributed by atoms with Gasteiger partial charge in [0, 0.05) is 24.8 Å². The average molecular weight is 218 g/mol. The van der Waals surface area contributed by atoms with Crippen LogP contribution in [-0.2, 0) is 9.53 Å². The molecule has 1 aliphatic rings. The molecule has 4 heteroatoms. The van der Waals surface area contributed by atoms with E-state index < -0.39 is 0 Å². The summed E-state index contributed by atoms with van der Waals surface area (Å²) in [7, 11) is 0. The van der Waals surface area contributed by atoms with Crippen LogP contribution in [-0.4, -0.2) is 37.6 Å². The van der Waals surface area contributed by atoms with Gasteiger partial charge in [-0.3, -0.25) is 4.79 Å². The lowest BCUT2D eigenvalue weighted by molar-refractivity contribution is -0.104. The molecule has 1 saturated heterocycles. The SMILES string of the molecule is O=C/C=C/c1cccnc1N1CCOCC1. The number of allylic oxidation sites excluding steroid dienone is 1. The van der Waals surface area contributed by atoms with Crippen LogP contribution in [0.2, 0.25) is 0 Å². The van der Waals surface area contributed by atoms with E-state index in [0.29, 0.717) is 0 Å². The third-order valence-electron chi connectivity index (χ3n) is 2.48. The molecule has 1 aromatic heterocycles. The van der Waals surface area contributed by atoms with Crippen molar-refractivity contribution in [2.24, 2.45) is 0 Å². The second kappa shape index (κ2) is 5.42. The highest BCUT2D eigenvalue weighted by Crippen LogP contribution is 2.19. The monoisotopic (exact) mass is 218 g/mol. The molecule has 0 spiro atoms. The zero-order valence-electron chi connectivity index (χ0n) is 9.00. The molecule has 0 aromatic carbocycles. The van der Waals surface area contributed by atoms with E-state index in [-0.39, 0.29) is 0 Å². The molecular weight excluding hydrogens is 204 g/mol. The van der Waals surface area contributed by atoms with Crippen LogP contribution in [0.4, 0.5) is 5.82 Å². The first-order valence-electron chi connectivity index (χ1n) is 5.31. The fraction of sp³-hybridized carbons (Fsp3) is 0.333. The molecule has 0 saturated carbocycles. The van der Waals surface area contributed by atoms with Crippen molar-refractivity contribution >= 4 is 18.2 Å². The van der Waals surface area contributed by atoms with Crippen molar-refractivity contribution in [1.82, 2.24) is 4.98 Å². The molecule has 4 nitrogen and oxygen atoms in total. The van der Waals surface area contributed by atoms with E-state index in [9.17, 15) is 4.79 Å². The van der Waals surface area contributed by atoms with Crippen molar-refractivity contribution in [2.45, 2.75) is 0 Å². The molecule has 0 aliphatic carbocycles. The summed E-state index contributed by atoms with van der Waals surface area (Å²) in [6.45, 7) is 3.15. The Morgan fingerprint density at radius 3 is 2.94 bits per heavy atom. The topological polar surface area (TPSA) is 42.4 Å². The first kappa shape index (κ1) is 10.8. The van der Waals surface area contributed by atoms with Crippen LogP contribution >= 0.6 is 0 Å². The van der Waals surface area contributed by atoms with Crippen LogP contribution in [0.5, 0.6) is 0 Å². The lowest BCUT2D eigenvalue weighted by atomic mass is 10.2. The third kappa shape index (κ3) is 2.46. The second-order valence-corrected chi connectivity index (χ2v) is 3.51. The Labute approximate surface area is 94.5 Å². The van der Waals surface area contributed by atoms with Crippen molar-refractivity contribution in [3.63, 3.8) is 0 Å². The van der Waals surface area contributed by atoms with Crippen molar-refractivity contribution in [3.8, 4) is 0 Å². The number of rotatable bonds is 3. The van der Waals surface area contributed by atoms with E-state index in [1.165, 1.54) is 6.08 Å². The van der Waals surface area contributed by atoms with Crippen LogP contribution in [0.15, 0.2) is 24.4 Å². The van der Waals surface area contributed by atoms with Crippen LogP contribution in [0.25, 0.3) is 6.08 Å². The number of pyridine rings is 1. The van der Waals surface area contributed by atoms with E-state index in [1.54, 1.807) is 12.3 Å². The van der Waals surface area contributed by atoms with Crippen molar-refractivity contribution in [2.75, 3.05) is 31.2 Å². The normalized spacial score (nSPS) is 16.6. The molecule has 0 radical (unpaired) electrons. The van der Waals surface area contributed by atoms with Crippen molar-refractivity contribution in [1.29, 1.82) is 0 Å². The number of carbonyl (C=O) groups is 1. The number of morpholine rings is 1. The summed E-state index contributed by atoms with van der Waals surface area (Å²) in [6.07, 6.45) is 5.81. The Morgan fingerprint density at radius 2 is 2.19 bits per heavy atom. The number of aromatic nitrogens is 1. The van der Waals surface area contributed by atoms with E-state index in [2.05, 4.69) is 9.88 Å². The quantitative estimate of drug-likeness (QED) is 0.563. The Balaban J connectivity index is 2.24. The van der Waals surface area contributed by atoms with Gasteiger partial charge in [-0.1, -0.05) is 0 Å². The molecule has 1 fully saturated rings. The van der Waals surface area contributed by atoms with E-state index in [1.807, 2.05) is 12.1 Å². The first-order valence-corrected chi connectivity index (χ1v) is 5.31. The first-order chi connectivity index (χ1) is 7.92. The summed E-state index contributed by atoms with van der Waals surface area (Å²) in [4.78, 5) is 16.9. The predicted octanol–water partition coefficient (Wildman–Crippen LogP) is 1.13. The molecule has 0 bridgehead atoms. The molecule has 0 amide bonds. The number of aldehydes is 1.